The predicted molar refractivity (Wildman–Crippen MR) is 102 cm³/mol. The Morgan fingerprint density at radius 2 is 1.92 bits per heavy atom. The van der Waals surface area contributed by atoms with Gasteiger partial charge in [-0.3, -0.25) is 9.48 Å². The average molecular weight is 408 g/mol. The Hall–Kier alpha value is -0.840. The first-order valence-electron chi connectivity index (χ1n) is 9.96. The lowest BCUT2D eigenvalue weighted by atomic mass is 9.47. The van der Waals surface area contributed by atoms with E-state index in [0.29, 0.717) is 24.4 Å². The zero-order chi connectivity index (χ0) is 17.6. The highest BCUT2D eigenvalue weighted by Crippen LogP contribution is 2.61. The summed E-state index contributed by atoms with van der Waals surface area (Å²) in [4.78, 5) is 12.6. The molecular weight excluding hydrogens is 378 g/mol. The van der Waals surface area contributed by atoms with Crippen molar-refractivity contribution in [2.45, 2.75) is 77.8 Å². The lowest BCUT2D eigenvalue weighted by molar-refractivity contribution is -0.126. The Balaban J connectivity index is 1.37. The molecule has 0 spiro atoms. The molecule has 4 aliphatic carbocycles. The van der Waals surface area contributed by atoms with Crippen LogP contribution < -0.4 is 5.32 Å². The number of hydrogen-bond donors (Lipinski definition) is 1. The number of halogens is 1. The molecule has 4 saturated carbocycles. The number of rotatable bonds is 6. The Bertz CT molecular complexity index is 599. The van der Waals surface area contributed by atoms with Crippen LogP contribution in [0, 0.1) is 30.1 Å². The molecule has 4 fully saturated rings. The molecule has 1 heterocycles. The number of aryl methyl sites for hydroxylation is 2. The van der Waals surface area contributed by atoms with E-state index >= 15 is 0 Å². The fraction of sp³-hybridized carbons (Fsp3) is 0.800. The summed E-state index contributed by atoms with van der Waals surface area (Å²) in [5, 5.41) is 7.85. The van der Waals surface area contributed by atoms with E-state index in [-0.39, 0.29) is 5.91 Å². The van der Waals surface area contributed by atoms with Gasteiger partial charge in [0.2, 0.25) is 5.91 Å². The fourth-order valence-electron chi connectivity index (χ4n) is 6.38. The fourth-order valence-corrected chi connectivity index (χ4v) is 6.70. The standard InChI is InChI=1S/C20H30BrN3O/c1-3-18(20-9-14-6-15(10-20)8-16(7-14)11-20)22-19(25)4-5-24-12-17(21)13(2)23-24/h12,14-16,18H,3-11H2,1-2H3,(H,22,25)/t14?,15?,16?,18-,20?/m0/s1. The molecule has 0 aromatic carbocycles. The van der Waals surface area contributed by atoms with Crippen LogP contribution in [0.1, 0.15) is 64.0 Å². The number of hydrogen-bond acceptors (Lipinski definition) is 2. The van der Waals surface area contributed by atoms with Gasteiger partial charge in [-0.15, -0.1) is 0 Å². The van der Waals surface area contributed by atoms with Crippen molar-refractivity contribution < 1.29 is 4.79 Å². The predicted octanol–water partition coefficient (Wildman–Crippen LogP) is 4.46. The highest BCUT2D eigenvalue weighted by Gasteiger charge is 2.53. The molecule has 4 nitrogen and oxygen atoms in total. The first-order valence-corrected chi connectivity index (χ1v) is 10.8. The van der Waals surface area contributed by atoms with Crippen LogP contribution >= 0.6 is 15.9 Å². The summed E-state index contributed by atoms with van der Waals surface area (Å²) in [5.41, 5.74) is 1.37. The molecule has 25 heavy (non-hydrogen) atoms. The zero-order valence-electron chi connectivity index (χ0n) is 15.4. The van der Waals surface area contributed by atoms with Gasteiger partial charge in [0, 0.05) is 25.2 Å². The van der Waals surface area contributed by atoms with E-state index in [9.17, 15) is 4.79 Å². The van der Waals surface area contributed by atoms with Crippen molar-refractivity contribution in [1.29, 1.82) is 0 Å². The molecule has 1 N–H and O–H groups in total. The summed E-state index contributed by atoms with van der Waals surface area (Å²) in [7, 11) is 0. The molecule has 5 heteroatoms. The lowest BCUT2D eigenvalue weighted by Gasteiger charge is -2.59. The van der Waals surface area contributed by atoms with E-state index in [1.807, 2.05) is 17.8 Å². The number of carbonyl (C=O) groups is 1. The number of amides is 1. The van der Waals surface area contributed by atoms with Gasteiger partial charge in [0.25, 0.3) is 0 Å². The topological polar surface area (TPSA) is 46.9 Å². The van der Waals surface area contributed by atoms with Crippen LogP contribution in [0.3, 0.4) is 0 Å². The van der Waals surface area contributed by atoms with E-state index < -0.39 is 0 Å². The molecule has 1 amide bonds. The van der Waals surface area contributed by atoms with Crippen molar-refractivity contribution in [2.75, 3.05) is 0 Å². The minimum Gasteiger partial charge on any atom is -0.353 e. The molecule has 0 unspecified atom stereocenters. The molecular formula is C20H30BrN3O. The molecule has 0 radical (unpaired) electrons. The molecule has 5 rings (SSSR count). The van der Waals surface area contributed by atoms with Crippen LogP contribution in [0.2, 0.25) is 0 Å². The van der Waals surface area contributed by atoms with E-state index in [2.05, 4.69) is 33.3 Å². The minimum absolute atomic E-state index is 0.187. The Labute approximate surface area is 159 Å². The van der Waals surface area contributed by atoms with Crippen LogP contribution in [0.5, 0.6) is 0 Å². The van der Waals surface area contributed by atoms with Gasteiger partial charge in [-0.1, -0.05) is 6.92 Å². The minimum atomic E-state index is 0.187. The summed E-state index contributed by atoms with van der Waals surface area (Å²) in [6.45, 7) is 4.87. The summed E-state index contributed by atoms with van der Waals surface area (Å²) in [6, 6.07) is 0.361. The van der Waals surface area contributed by atoms with Gasteiger partial charge in [0.05, 0.1) is 10.2 Å². The van der Waals surface area contributed by atoms with Crippen LogP contribution in [-0.4, -0.2) is 21.7 Å². The van der Waals surface area contributed by atoms with Gasteiger partial charge in [0.15, 0.2) is 0 Å². The SMILES string of the molecule is CC[C@H](NC(=O)CCn1cc(Br)c(C)n1)C12CC3CC(CC(C3)C1)C2. The van der Waals surface area contributed by atoms with Crippen LogP contribution in [0.4, 0.5) is 0 Å². The zero-order valence-corrected chi connectivity index (χ0v) is 17.0. The maximum atomic E-state index is 12.6. The van der Waals surface area contributed by atoms with Crippen molar-refractivity contribution in [2.24, 2.45) is 23.2 Å². The quantitative estimate of drug-likeness (QED) is 0.756. The average Bonchev–Trinajstić information content (AvgIpc) is 2.87. The van der Waals surface area contributed by atoms with Gasteiger partial charge in [-0.2, -0.15) is 5.10 Å². The van der Waals surface area contributed by atoms with Crippen LogP contribution in [0.15, 0.2) is 10.7 Å². The molecule has 1 atom stereocenters. The Morgan fingerprint density at radius 3 is 2.40 bits per heavy atom. The van der Waals surface area contributed by atoms with Gasteiger partial charge in [-0.05, 0) is 91.0 Å². The third-order valence-electron chi connectivity index (χ3n) is 7.02. The third-order valence-corrected chi connectivity index (χ3v) is 7.80. The number of nitrogens with one attached hydrogen (secondary N) is 1. The van der Waals surface area contributed by atoms with Crippen LogP contribution in [-0.2, 0) is 11.3 Å². The number of nitrogens with zero attached hydrogens (tertiary/aromatic N) is 2. The van der Waals surface area contributed by atoms with Gasteiger partial charge in [-0.25, -0.2) is 0 Å². The number of carbonyl (C=O) groups excluding carboxylic acids is 1. The van der Waals surface area contributed by atoms with Crippen LogP contribution in [0.25, 0.3) is 0 Å². The van der Waals surface area contributed by atoms with E-state index in [1.54, 1.807) is 0 Å². The molecule has 1 aromatic rings. The van der Waals surface area contributed by atoms with E-state index in [4.69, 9.17) is 0 Å². The van der Waals surface area contributed by atoms with Crippen molar-refractivity contribution in [1.82, 2.24) is 15.1 Å². The normalized spacial score (nSPS) is 34.3. The first kappa shape index (κ1) is 17.6. The molecule has 4 aliphatic rings. The largest absolute Gasteiger partial charge is 0.353 e. The summed E-state index contributed by atoms with van der Waals surface area (Å²) in [6.07, 6.45) is 11.9. The smallest absolute Gasteiger partial charge is 0.222 e. The molecule has 0 saturated heterocycles. The highest BCUT2D eigenvalue weighted by atomic mass is 79.9. The van der Waals surface area contributed by atoms with E-state index in [0.717, 1.165) is 34.3 Å². The molecule has 0 aliphatic heterocycles. The Kier molecular flexibility index (Phi) is 4.72. The molecule has 1 aromatic heterocycles. The van der Waals surface area contributed by atoms with Crippen molar-refractivity contribution in [3.8, 4) is 0 Å². The summed E-state index contributed by atoms with van der Waals surface area (Å²) >= 11 is 3.48. The van der Waals surface area contributed by atoms with Crippen molar-refractivity contribution >= 4 is 21.8 Å². The second kappa shape index (κ2) is 6.71. The maximum Gasteiger partial charge on any atom is 0.222 e. The molecule has 4 bridgehead atoms. The second-order valence-corrected chi connectivity index (χ2v) is 9.74. The van der Waals surface area contributed by atoms with Crippen molar-refractivity contribution in [3.05, 3.63) is 16.4 Å². The lowest BCUT2D eigenvalue weighted by Crippen LogP contribution is -2.56. The van der Waals surface area contributed by atoms with Gasteiger partial charge >= 0.3 is 0 Å². The first-order chi connectivity index (χ1) is 12.0. The highest BCUT2D eigenvalue weighted by molar-refractivity contribution is 9.10. The second-order valence-electron chi connectivity index (χ2n) is 8.88. The monoisotopic (exact) mass is 407 g/mol. The van der Waals surface area contributed by atoms with Gasteiger partial charge < -0.3 is 5.32 Å². The number of aromatic nitrogens is 2. The maximum absolute atomic E-state index is 12.6. The molecule has 138 valence electrons. The third kappa shape index (κ3) is 3.41. The summed E-state index contributed by atoms with van der Waals surface area (Å²) in [5.74, 6) is 2.98. The van der Waals surface area contributed by atoms with E-state index in [1.165, 1.54) is 38.5 Å². The Morgan fingerprint density at radius 1 is 1.32 bits per heavy atom. The van der Waals surface area contributed by atoms with Crippen molar-refractivity contribution in [3.63, 3.8) is 0 Å². The van der Waals surface area contributed by atoms with Gasteiger partial charge in [0.1, 0.15) is 0 Å². The summed E-state index contributed by atoms with van der Waals surface area (Å²) < 4.78 is 2.87.